The van der Waals surface area contributed by atoms with E-state index in [2.05, 4.69) is 20.9 Å². The van der Waals surface area contributed by atoms with Crippen molar-refractivity contribution in [1.82, 2.24) is 20.9 Å². The van der Waals surface area contributed by atoms with Crippen LogP contribution in [-0.2, 0) is 11.3 Å². The minimum Gasteiger partial charge on any atom is -0.468 e. The standard InChI is InChI=1S/C25H34N4O3/c30-23(26-19-21(22-12-9-17-32-22)29-15-7-2-8-16-29)25(13-5-6-14-25)28-24(31)27-18-20-10-3-1-4-11-20/h1,3-4,9-12,17,21H,2,5-8,13-16,18-19H2,(H,26,30)(H2,27,28,31). The molecular weight excluding hydrogens is 404 g/mol. The van der Waals surface area contributed by atoms with Gasteiger partial charge in [0.15, 0.2) is 0 Å². The van der Waals surface area contributed by atoms with Gasteiger partial charge in [-0.05, 0) is 56.5 Å². The zero-order valence-corrected chi connectivity index (χ0v) is 18.6. The van der Waals surface area contributed by atoms with Gasteiger partial charge in [-0.3, -0.25) is 9.69 Å². The molecule has 0 bridgehead atoms. The van der Waals surface area contributed by atoms with Crippen LogP contribution in [0, 0.1) is 0 Å². The summed E-state index contributed by atoms with van der Waals surface area (Å²) in [6, 6.07) is 13.3. The third-order valence-corrected chi connectivity index (χ3v) is 6.70. The summed E-state index contributed by atoms with van der Waals surface area (Å²) in [7, 11) is 0. The Morgan fingerprint density at radius 1 is 0.938 bits per heavy atom. The average Bonchev–Trinajstić information content (AvgIpc) is 3.53. The number of furan rings is 1. The van der Waals surface area contributed by atoms with Crippen LogP contribution in [0.5, 0.6) is 0 Å². The summed E-state index contributed by atoms with van der Waals surface area (Å²) in [6.07, 6.45) is 8.44. The van der Waals surface area contributed by atoms with Crippen LogP contribution in [0.1, 0.15) is 62.3 Å². The first kappa shape index (κ1) is 22.4. The number of nitrogens with zero attached hydrogens (tertiary/aromatic N) is 1. The van der Waals surface area contributed by atoms with Crippen molar-refractivity contribution in [2.24, 2.45) is 0 Å². The molecule has 172 valence electrons. The lowest BCUT2D eigenvalue weighted by Gasteiger charge is -2.35. The van der Waals surface area contributed by atoms with E-state index in [0.717, 1.165) is 50.1 Å². The van der Waals surface area contributed by atoms with E-state index in [1.807, 2.05) is 42.5 Å². The van der Waals surface area contributed by atoms with Gasteiger partial charge in [-0.2, -0.15) is 0 Å². The Morgan fingerprint density at radius 2 is 1.69 bits per heavy atom. The molecule has 1 atom stereocenters. The molecule has 32 heavy (non-hydrogen) atoms. The molecule has 7 nitrogen and oxygen atoms in total. The van der Waals surface area contributed by atoms with E-state index in [1.54, 1.807) is 6.26 Å². The Hall–Kier alpha value is -2.80. The van der Waals surface area contributed by atoms with Gasteiger partial charge < -0.3 is 20.4 Å². The van der Waals surface area contributed by atoms with Crippen LogP contribution in [0.3, 0.4) is 0 Å². The SMILES string of the molecule is O=C(NCc1ccccc1)NC1(C(=O)NCC(c2ccco2)N2CCCCC2)CCCC1. The Morgan fingerprint density at radius 3 is 2.38 bits per heavy atom. The maximum Gasteiger partial charge on any atom is 0.315 e. The van der Waals surface area contributed by atoms with Crippen LogP contribution >= 0.6 is 0 Å². The molecule has 1 saturated carbocycles. The zero-order valence-electron chi connectivity index (χ0n) is 18.6. The van der Waals surface area contributed by atoms with Crippen molar-refractivity contribution in [3.8, 4) is 0 Å². The fraction of sp³-hybridized carbons (Fsp3) is 0.520. The quantitative estimate of drug-likeness (QED) is 0.586. The Kier molecular flexibility index (Phi) is 7.47. The minimum absolute atomic E-state index is 0.0135. The topological polar surface area (TPSA) is 86.6 Å². The van der Waals surface area contributed by atoms with E-state index in [9.17, 15) is 9.59 Å². The summed E-state index contributed by atoms with van der Waals surface area (Å²) in [4.78, 5) is 28.4. The summed E-state index contributed by atoms with van der Waals surface area (Å²) in [6.45, 7) is 2.92. The highest BCUT2D eigenvalue weighted by molar-refractivity contribution is 5.91. The lowest BCUT2D eigenvalue weighted by atomic mass is 9.96. The van der Waals surface area contributed by atoms with E-state index in [0.29, 0.717) is 25.9 Å². The van der Waals surface area contributed by atoms with E-state index >= 15 is 0 Å². The zero-order chi connectivity index (χ0) is 22.2. The van der Waals surface area contributed by atoms with Gasteiger partial charge in [-0.25, -0.2) is 4.79 Å². The maximum absolute atomic E-state index is 13.3. The fourth-order valence-electron chi connectivity index (χ4n) is 4.91. The first-order valence-corrected chi connectivity index (χ1v) is 11.8. The summed E-state index contributed by atoms with van der Waals surface area (Å²) in [5.74, 6) is 0.777. The van der Waals surface area contributed by atoms with Crippen molar-refractivity contribution >= 4 is 11.9 Å². The molecule has 3 amide bonds. The molecule has 2 fully saturated rings. The van der Waals surface area contributed by atoms with Crippen molar-refractivity contribution in [2.45, 2.75) is 63.1 Å². The van der Waals surface area contributed by atoms with Crippen molar-refractivity contribution in [2.75, 3.05) is 19.6 Å². The first-order valence-electron chi connectivity index (χ1n) is 11.8. The first-order chi connectivity index (χ1) is 15.7. The number of likely N-dealkylation sites (tertiary alicyclic amines) is 1. The molecule has 0 radical (unpaired) electrons. The van der Waals surface area contributed by atoms with E-state index in [4.69, 9.17) is 4.42 Å². The molecule has 3 N–H and O–H groups in total. The number of amides is 3. The number of carbonyl (C=O) groups is 2. The third kappa shape index (κ3) is 5.51. The van der Waals surface area contributed by atoms with E-state index in [-0.39, 0.29) is 18.0 Å². The van der Waals surface area contributed by atoms with E-state index < -0.39 is 5.54 Å². The highest BCUT2D eigenvalue weighted by atomic mass is 16.3. The number of hydrogen-bond donors (Lipinski definition) is 3. The van der Waals surface area contributed by atoms with E-state index in [1.165, 1.54) is 6.42 Å². The second-order valence-electron chi connectivity index (χ2n) is 8.92. The molecule has 1 aromatic carbocycles. The molecule has 1 saturated heterocycles. The van der Waals surface area contributed by atoms with Crippen LogP contribution in [0.15, 0.2) is 53.1 Å². The number of urea groups is 1. The van der Waals surface area contributed by atoms with Gasteiger partial charge in [-0.15, -0.1) is 0 Å². The number of nitrogens with one attached hydrogen (secondary N) is 3. The van der Waals surface area contributed by atoms with Crippen molar-refractivity contribution in [3.63, 3.8) is 0 Å². The van der Waals surface area contributed by atoms with Gasteiger partial charge >= 0.3 is 6.03 Å². The number of rotatable bonds is 8. The normalized spacial score (nSPS) is 19.2. The van der Waals surface area contributed by atoms with Crippen molar-refractivity contribution in [1.29, 1.82) is 0 Å². The molecule has 1 aliphatic carbocycles. The predicted molar refractivity (Wildman–Crippen MR) is 123 cm³/mol. The fourth-order valence-corrected chi connectivity index (χ4v) is 4.91. The highest BCUT2D eigenvalue weighted by Gasteiger charge is 2.42. The molecule has 2 aliphatic rings. The molecule has 2 heterocycles. The molecule has 2 aromatic rings. The molecular formula is C25H34N4O3. The Balaban J connectivity index is 1.37. The van der Waals surface area contributed by atoms with Gasteiger partial charge in [-0.1, -0.05) is 49.6 Å². The highest BCUT2D eigenvalue weighted by Crippen LogP contribution is 2.31. The van der Waals surface area contributed by atoms with Crippen molar-refractivity contribution in [3.05, 3.63) is 60.1 Å². The summed E-state index contributed by atoms with van der Waals surface area (Å²) >= 11 is 0. The van der Waals surface area contributed by atoms with Gasteiger partial charge in [0.2, 0.25) is 5.91 Å². The molecule has 7 heteroatoms. The molecule has 0 spiro atoms. The van der Waals surface area contributed by atoms with Gasteiger partial charge in [0.1, 0.15) is 11.3 Å². The second kappa shape index (κ2) is 10.7. The largest absolute Gasteiger partial charge is 0.468 e. The summed E-state index contributed by atoms with van der Waals surface area (Å²) in [5, 5.41) is 9.04. The van der Waals surface area contributed by atoms with Crippen LogP contribution < -0.4 is 16.0 Å². The average molecular weight is 439 g/mol. The molecule has 1 unspecified atom stereocenters. The van der Waals surface area contributed by atoms with Crippen LogP contribution in [0.25, 0.3) is 0 Å². The Bertz CT molecular complexity index is 857. The molecule has 1 aromatic heterocycles. The van der Waals surface area contributed by atoms with Gasteiger partial charge in [0.25, 0.3) is 0 Å². The minimum atomic E-state index is -0.851. The second-order valence-corrected chi connectivity index (χ2v) is 8.92. The lowest BCUT2D eigenvalue weighted by molar-refractivity contribution is -0.127. The van der Waals surface area contributed by atoms with Crippen LogP contribution in [0.2, 0.25) is 0 Å². The van der Waals surface area contributed by atoms with Crippen molar-refractivity contribution < 1.29 is 14.0 Å². The third-order valence-electron chi connectivity index (χ3n) is 6.70. The maximum atomic E-state index is 13.3. The lowest BCUT2D eigenvalue weighted by Crippen LogP contribution is -2.59. The molecule has 4 rings (SSSR count). The summed E-state index contributed by atoms with van der Waals surface area (Å²) in [5.41, 5.74) is 0.173. The van der Waals surface area contributed by atoms with Crippen LogP contribution in [0.4, 0.5) is 4.79 Å². The van der Waals surface area contributed by atoms with Gasteiger partial charge in [0.05, 0.1) is 12.3 Å². The smallest absolute Gasteiger partial charge is 0.315 e. The molecule has 1 aliphatic heterocycles. The van der Waals surface area contributed by atoms with Gasteiger partial charge in [0, 0.05) is 13.1 Å². The number of hydrogen-bond acceptors (Lipinski definition) is 4. The van der Waals surface area contributed by atoms with Crippen LogP contribution in [-0.4, -0.2) is 42.0 Å². The summed E-state index contributed by atoms with van der Waals surface area (Å²) < 4.78 is 5.70. The monoisotopic (exact) mass is 438 g/mol. The number of carbonyl (C=O) groups excluding carboxylic acids is 2. The predicted octanol–water partition coefficient (Wildman–Crippen LogP) is 3.74. The number of piperidine rings is 1. The Labute approximate surface area is 189 Å². The number of benzene rings is 1.